The number of nitrogens with two attached hydrogens (primary N) is 1. The molecule has 0 amide bonds. The SMILES string of the molecule is COc1cccc(C(=O)OCCOCCC(C)C)c1N. The number of anilines is 1. The Bertz CT molecular complexity index is 432. The zero-order valence-electron chi connectivity index (χ0n) is 12.3. The van der Waals surface area contributed by atoms with Crippen molar-refractivity contribution < 1.29 is 19.0 Å². The van der Waals surface area contributed by atoms with Crippen molar-refractivity contribution >= 4 is 11.7 Å². The maximum absolute atomic E-state index is 11.9. The Balaban J connectivity index is 2.36. The van der Waals surface area contributed by atoms with Gasteiger partial charge in [-0.25, -0.2) is 4.79 Å². The van der Waals surface area contributed by atoms with Gasteiger partial charge >= 0.3 is 5.97 Å². The minimum atomic E-state index is -0.464. The number of para-hydroxylation sites is 1. The summed E-state index contributed by atoms with van der Waals surface area (Å²) in [7, 11) is 1.50. The van der Waals surface area contributed by atoms with E-state index in [1.807, 2.05) is 0 Å². The lowest BCUT2D eigenvalue weighted by Crippen LogP contribution is -2.13. The Labute approximate surface area is 120 Å². The van der Waals surface area contributed by atoms with Crippen molar-refractivity contribution in [2.45, 2.75) is 20.3 Å². The van der Waals surface area contributed by atoms with Gasteiger partial charge in [0, 0.05) is 6.61 Å². The Morgan fingerprint density at radius 3 is 2.65 bits per heavy atom. The average molecular weight is 281 g/mol. The van der Waals surface area contributed by atoms with Crippen LogP contribution in [0.5, 0.6) is 5.75 Å². The second-order valence-electron chi connectivity index (χ2n) is 4.85. The van der Waals surface area contributed by atoms with Gasteiger partial charge in [0.15, 0.2) is 0 Å². The molecule has 0 saturated heterocycles. The number of rotatable bonds is 8. The van der Waals surface area contributed by atoms with Crippen LogP contribution in [0.1, 0.15) is 30.6 Å². The average Bonchev–Trinajstić information content (AvgIpc) is 2.42. The topological polar surface area (TPSA) is 70.8 Å². The summed E-state index contributed by atoms with van der Waals surface area (Å²) in [5, 5.41) is 0. The Hall–Kier alpha value is -1.75. The van der Waals surface area contributed by atoms with Crippen LogP contribution < -0.4 is 10.5 Å². The lowest BCUT2D eigenvalue weighted by molar-refractivity contribution is 0.0304. The normalized spacial score (nSPS) is 10.6. The van der Waals surface area contributed by atoms with Crippen LogP contribution in [0.25, 0.3) is 0 Å². The second-order valence-corrected chi connectivity index (χ2v) is 4.85. The second kappa shape index (κ2) is 8.43. The molecule has 0 heterocycles. The van der Waals surface area contributed by atoms with Crippen LogP contribution in [0.4, 0.5) is 5.69 Å². The molecule has 0 aromatic heterocycles. The van der Waals surface area contributed by atoms with Gasteiger partial charge in [-0.05, 0) is 24.5 Å². The van der Waals surface area contributed by atoms with Gasteiger partial charge in [-0.15, -0.1) is 0 Å². The first-order valence-corrected chi connectivity index (χ1v) is 6.73. The summed E-state index contributed by atoms with van der Waals surface area (Å²) in [5.74, 6) is 0.607. The fourth-order valence-corrected chi connectivity index (χ4v) is 1.59. The predicted octanol–water partition coefficient (Wildman–Crippen LogP) is 2.50. The molecule has 1 aromatic rings. The Morgan fingerprint density at radius 2 is 2.00 bits per heavy atom. The molecule has 0 unspecified atom stereocenters. The van der Waals surface area contributed by atoms with Gasteiger partial charge in [-0.1, -0.05) is 19.9 Å². The number of nitrogen functional groups attached to an aromatic ring is 1. The summed E-state index contributed by atoms with van der Waals surface area (Å²) in [5.41, 5.74) is 6.43. The molecule has 0 saturated carbocycles. The van der Waals surface area contributed by atoms with Gasteiger partial charge in [0.1, 0.15) is 12.4 Å². The van der Waals surface area contributed by atoms with Crippen molar-refractivity contribution in [2.75, 3.05) is 32.7 Å². The van der Waals surface area contributed by atoms with E-state index in [1.54, 1.807) is 18.2 Å². The molecule has 5 nitrogen and oxygen atoms in total. The number of ether oxygens (including phenoxy) is 3. The molecule has 0 aliphatic heterocycles. The van der Waals surface area contributed by atoms with Crippen molar-refractivity contribution in [1.82, 2.24) is 0 Å². The minimum absolute atomic E-state index is 0.216. The number of benzene rings is 1. The zero-order chi connectivity index (χ0) is 15.0. The van der Waals surface area contributed by atoms with Crippen molar-refractivity contribution in [2.24, 2.45) is 5.92 Å². The summed E-state index contributed by atoms with van der Waals surface area (Å²) >= 11 is 0. The molecule has 2 N–H and O–H groups in total. The van der Waals surface area contributed by atoms with E-state index in [0.29, 0.717) is 36.1 Å². The molecule has 5 heteroatoms. The quantitative estimate of drug-likeness (QED) is 0.450. The third kappa shape index (κ3) is 5.09. The lowest BCUT2D eigenvalue weighted by Gasteiger charge is -2.10. The molecular formula is C15H23NO4. The van der Waals surface area contributed by atoms with Crippen LogP contribution in [-0.2, 0) is 9.47 Å². The molecule has 0 aliphatic rings. The Kier molecular flexibility index (Phi) is 6.87. The van der Waals surface area contributed by atoms with E-state index in [-0.39, 0.29) is 6.61 Å². The smallest absolute Gasteiger partial charge is 0.340 e. The van der Waals surface area contributed by atoms with Crippen LogP contribution in [-0.4, -0.2) is 32.9 Å². The van der Waals surface area contributed by atoms with Gasteiger partial charge in [-0.2, -0.15) is 0 Å². The molecule has 0 atom stereocenters. The van der Waals surface area contributed by atoms with Gasteiger partial charge in [-0.3, -0.25) is 0 Å². The summed E-state index contributed by atoms with van der Waals surface area (Å²) in [6.07, 6.45) is 0.997. The van der Waals surface area contributed by atoms with E-state index in [1.165, 1.54) is 7.11 Å². The van der Waals surface area contributed by atoms with Gasteiger partial charge < -0.3 is 19.9 Å². The van der Waals surface area contributed by atoms with E-state index in [9.17, 15) is 4.79 Å². The number of carbonyl (C=O) groups excluding carboxylic acids is 1. The third-order valence-electron chi connectivity index (χ3n) is 2.81. The molecule has 1 rings (SSSR count). The highest BCUT2D eigenvalue weighted by Gasteiger charge is 2.14. The highest BCUT2D eigenvalue weighted by molar-refractivity contribution is 5.96. The van der Waals surface area contributed by atoms with Gasteiger partial charge in [0.2, 0.25) is 0 Å². The van der Waals surface area contributed by atoms with Crippen LogP contribution in [0.15, 0.2) is 18.2 Å². The molecule has 20 heavy (non-hydrogen) atoms. The number of carbonyl (C=O) groups is 1. The standard InChI is InChI=1S/C15H23NO4/c1-11(2)7-8-19-9-10-20-15(17)12-5-4-6-13(18-3)14(12)16/h4-6,11H,7-10,16H2,1-3H3. The molecular weight excluding hydrogens is 258 g/mol. The number of hydrogen-bond donors (Lipinski definition) is 1. The third-order valence-corrected chi connectivity index (χ3v) is 2.81. The van der Waals surface area contributed by atoms with Crippen LogP contribution >= 0.6 is 0 Å². The largest absolute Gasteiger partial charge is 0.495 e. The highest BCUT2D eigenvalue weighted by atomic mass is 16.6. The van der Waals surface area contributed by atoms with E-state index < -0.39 is 5.97 Å². The molecule has 0 radical (unpaired) electrons. The minimum Gasteiger partial charge on any atom is -0.495 e. The lowest BCUT2D eigenvalue weighted by atomic mass is 10.1. The molecule has 0 aliphatic carbocycles. The van der Waals surface area contributed by atoms with Crippen molar-refractivity contribution in [1.29, 1.82) is 0 Å². The van der Waals surface area contributed by atoms with Gasteiger partial charge in [0.25, 0.3) is 0 Å². The summed E-state index contributed by atoms with van der Waals surface area (Å²) < 4.78 is 15.5. The van der Waals surface area contributed by atoms with Crippen molar-refractivity contribution in [3.63, 3.8) is 0 Å². The van der Waals surface area contributed by atoms with Crippen LogP contribution in [0.2, 0.25) is 0 Å². The summed E-state index contributed by atoms with van der Waals surface area (Å²) in [6, 6.07) is 5.01. The first-order chi connectivity index (χ1) is 9.56. The van der Waals surface area contributed by atoms with Crippen LogP contribution in [0.3, 0.4) is 0 Å². The summed E-state index contributed by atoms with van der Waals surface area (Å²) in [6.45, 7) is 5.55. The number of methoxy groups -OCH3 is 1. The first kappa shape index (κ1) is 16.3. The maximum Gasteiger partial charge on any atom is 0.340 e. The monoisotopic (exact) mass is 281 g/mol. The highest BCUT2D eigenvalue weighted by Crippen LogP contribution is 2.25. The predicted molar refractivity (Wildman–Crippen MR) is 78.0 cm³/mol. The summed E-state index contributed by atoms with van der Waals surface area (Å²) in [4.78, 5) is 11.9. The number of hydrogen-bond acceptors (Lipinski definition) is 5. The maximum atomic E-state index is 11.9. The van der Waals surface area contributed by atoms with E-state index in [4.69, 9.17) is 19.9 Å². The first-order valence-electron chi connectivity index (χ1n) is 6.73. The molecule has 0 spiro atoms. The van der Waals surface area contributed by atoms with E-state index in [0.717, 1.165) is 6.42 Å². The molecule has 112 valence electrons. The molecule has 1 aromatic carbocycles. The molecule has 0 bridgehead atoms. The Morgan fingerprint density at radius 1 is 1.25 bits per heavy atom. The van der Waals surface area contributed by atoms with Crippen molar-refractivity contribution in [3.05, 3.63) is 23.8 Å². The zero-order valence-corrected chi connectivity index (χ0v) is 12.3. The van der Waals surface area contributed by atoms with Gasteiger partial charge in [0.05, 0.1) is 25.0 Å². The van der Waals surface area contributed by atoms with E-state index >= 15 is 0 Å². The fraction of sp³-hybridized carbons (Fsp3) is 0.533. The molecule has 0 fully saturated rings. The van der Waals surface area contributed by atoms with Crippen molar-refractivity contribution in [3.8, 4) is 5.75 Å². The van der Waals surface area contributed by atoms with Crippen LogP contribution in [0, 0.1) is 5.92 Å². The number of esters is 1. The fourth-order valence-electron chi connectivity index (χ4n) is 1.59. The van der Waals surface area contributed by atoms with E-state index in [2.05, 4.69) is 13.8 Å².